The second-order valence-electron chi connectivity index (χ2n) is 3.62. The lowest BCUT2D eigenvalue weighted by molar-refractivity contribution is -0.144. The van der Waals surface area contributed by atoms with Crippen molar-refractivity contribution in [1.29, 1.82) is 0 Å². The van der Waals surface area contributed by atoms with E-state index in [9.17, 15) is 18.0 Å². The van der Waals surface area contributed by atoms with E-state index >= 15 is 0 Å². The lowest BCUT2D eigenvalue weighted by atomic mass is 10.3. The van der Waals surface area contributed by atoms with Gasteiger partial charge in [-0.05, 0) is 6.92 Å². The molecule has 0 aromatic heterocycles. The van der Waals surface area contributed by atoms with E-state index in [1.165, 1.54) is 14.0 Å². The van der Waals surface area contributed by atoms with E-state index in [4.69, 9.17) is 9.84 Å². The molecular formula is C9H17NO6S. The zero-order chi connectivity index (χ0) is 13.6. The quantitative estimate of drug-likeness (QED) is 0.633. The molecular weight excluding hydrogens is 250 g/mol. The van der Waals surface area contributed by atoms with E-state index in [-0.39, 0.29) is 13.2 Å². The van der Waals surface area contributed by atoms with Crippen LogP contribution in [0.25, 0.3) is 0 Å². The summed E-state index contributed by atoms with van der Waals surface area (Å²) in [7, 11) is -2.13. The van der Waals surface area contributed by atoms with Crippen LogP contribution < -0.4 is 0 Å². The van der Waals surface area contributed by atoms with Crippen LogP contribution in [0.1, 0.15) is 6.92 Å². The molecule has 7 nitrogen and oxygen atoms in total. The topological polar surface area (TPSA) is 101 Å². The van der Waals surface area contributed by atoms with Crippen LogP contribution in [0.15, 0.2) is 0 Å². The second kappa shape index (κ2) is 6.55. The van der Waals surface area contributed by atoms with Crippen LogP contribution in [0.3, 0.4) is 0 Å². The molecule has 0 aromatic carbocycles. The van der Waals surface area contributed by atoms with Crippen molar-refractivity contribution >= 4 is 21.7 Å². The van der Waals surface area contributed by atoms with Gasteiger partial charge in [0.2, 0.25) is 5.91 Å². The first kappa shape index (κ1) is 15.9. The minimum absolute atomic E-state index is 0.0431. The van der Waals surface area contributed by atoms with Crippen molar-refractivity contribution in [3.8, 4) is 0 Å². The SMILES string of the molecule is COCCN(CC(=O)O)C(=O)C(C)S(C)(=O)=O. The van der Waals surface area contributed by atoms with Crippen LogP contribution in [-0.2, 0) is 24.2 Å². The number of carbonyl (C=O) groups excluding carboxylic acids is 1. The van der Waals surface area contributed by atoms with Gasteiger partial charge in [0.25, 0.3) is 0 Å². The first-order valence-corrected chi connectivity index (χ1v) is 6.84. The van der Waals surface area contributed by atoms with E-state index in [2.05, 4.69) is 0 Å². The maximum absolute atomic E-state index is 11.8. The summed E-state index contributed by atoms with van der Waals surface area (Å²) in [6.07, 6.45) is 0.935. The van der Waals surface area contributed by atoms with Crippen LogP contribution >= 0.6 is 0 Å². The highest BCUT2D eigenvalue weighted by Crippen LogP contribution is 2.04. The zero-order valence-corrected chi connectivity index (χ0v) is 10.9. The highest BCUT2D eigenvalue weighted by molar-refractivity contribution is 7.92. The summed E-state index contributed by atoms with van der Waals surface area (Å²) in [6, 6.07) is 0. The first-order chi connectivity index (χ1) is 7.70. The minimum atomic E-state index is -3.53. The van der Waals surface area contributed by atoms with Gasteiger partial charge in [0, 0.05) is 19.9 Å². The highest BCUT2D eigenvalue weighted by atomic mass is 32.2. The monoisotopic (exact) mass is 267 g/mol. The van der Waals surface area contributed by atoms with E-state index in [0.29, 0.717) is 0 Å². The standard InChI is InChI=1S/C9H17NO6S/c1-7(17(3,14)15)9(13)10(4-5-16-2)6-8(11)12/h7H,4-6H2,1-3H3,(H,11,12). The van der Waals surface area contributed by atoms with Gasteiger partial charge in [0.15, 0.2) is 9.84 Å². The summed E-state index contributed by atoms with van der Waals surface area (Å²) in [6.45, 7) is 0.887. The molecule has 1 atom stereocenters. The Balaban J connectivity index is 4.79. The molecule has 0 rings (SSSR count). The van der Waals surface area contributed by atoms with Crippen molar-refractivity contribution in [2.24, 2.45) is 0 Å². The van der Waals surface area contributed by atoms with Crippen LogP contribution in [0, 0.1) is 0 Å². The normalized spacial score (nSPS) is 13.1. The van der Waals surface area contributed by atoms with Crippen LogP contribution in [0.5, 0.6) is 0 Å². The number of hydrogen-bond donors (Lipinski definition) is 1. The smallest absolute Gasteiger partial charge is 0.323 e. The second-order valence-corrected chi connectivity index (χ2v) is 5.98. The molecule has 0 aliphatic rings. The molecule has 1 amide bonds. The van der Waals surface area contributed by atoms with Crippen molar-refractivity contribution in [1.82, 2.24) is 4.90 Å². The predicted octanol–water partition coefficient (Wildman–Crippen LogP) is -1.02. The third-order valence-electron chi connectivity index (χ3n) is 2.19. The average Bonchev–Trinajstić information content (AvgIpc) is 2.20. The number of carboxylic acids is 1. The summed E-state index contributed by atoms with van der Waals surface area (Å²) in [5.41, 5.74) is 0. The number of methoxy groups -OCH3 is 1. The van der Waals surface area contributed by atoms with Crippen LogP contribution in [0.2, 0.25) is 0 Å². The maximum atomic E-state index is 11.8. The maximum Gasteiger partial charge on any atom is 0.323 e. The zero-order valence-electron chi connectivity index (χ0n) is 10.0. The third-order valence-corrected chi connectivity index (χ3v) is 3.68. The molecule has 0 saturated carbocycles. The van der Waals surface area contributed by atoms with Gasteiger partial charge in [-0.1, -0.05) is 0 Å². The van der Waals surface area contributed by atoms with Gasteiger partial charge >= 0.3 is 5.97 Å². The number of hydrogen-bond acceptors (Lipinski definition) is 5. The average molecular weight is 267 g/mol. The third kappa shape index (κ3) is 5.64. The van der Waals surface area contributed by atoms with Crippen molar-refractivity contribution in [3.05, 3.63) is 0 Å². The van der Waals surface area contributed by atoms with E-state index < -0.39 is 33.5 Å². The lowest BCUT2D eigenvalue weighted by Gasteiger charge is -2.23. The summed E-state index contributed by atoms with van der Waals surface area (Å²) in [5, 5.41) is 7.38. The Bertz CT molecular complexity index is 377. The van der Waals surface area contributed by atoms with Gasteiger partial charge in [-0.2, -0.15) is 0 Å². The number of amides is 1. The van der Waals surface area contributed by atoms with Crippen molar-refractivity contribution in [3.63, 3.8) is 0 Å². The lowest BCUT2D eigenvalue weighted by Crippen LogP contribution is -2.45. The number of aliphatic carboxylic acids is 1. The van der Waals surface area contributed by atoms with E-state index in [1.807, 2.05) is 0 Å². The fourth-order valence-electron chi connectivity index (χ4n) is 1.07. The molecule has 17 heavy (non-hydrogen) atoms. The number of rotatable bonds is 7. The summed E-state index contributed by atoms with van der Waals surface area (Å²) in [4.78, 5) is 23.3. The molecule has 1 unspecified atom stereocenters. The molecule has 0 spiro atoms. The molecule has 100 valence electrons. The molecule has 0 aliphatic carbocycles. The molecule has 0 heterocycles. The predicted molar refractivity (Wildman–Crippen MR) is 60.4 cm³/mol. The number of nitrogens with zero attached hydrogens (tertiary/aromatic N) is 1. The molecule has 1 N–H and O–H groups in total. The number of carbonyl (C=O) groups is 2. The Morgan fingerprint density at radius 3 is 2.29 bits per heavy atom. The summed E-state index contributed by atoms with van der Waals surface area (Å²) >= 11 is 0. The fourth-order valence-corrected chi connectivity index (χ4v) is 1.59. The van der Waals surface area contributed by atoms with Crippen molar-refractivity contribution in [2.75, 3.05) is 33.1 Å². The highest BCUT2D eigenvalue weighted by Gasteiger charge is 2.29. The minimum Gasteiger partial charge on any atom is -0.480 e. The Morgan fingerprint density at radius 1 is 1.41 bits per heavy atom. The number of ether oxygens (including phenoxy) is 1. The summed E-state index contributed by atoms with van der Waals surface area (Å²) in [5.74, 6) is -1.93. The molecule has 0 aromatic rings. The Morgan fingerprint density at radius 2 is 1.94 bits per heavy atom. The van der Waals surface area contributed by atoms with Gasteiger partial charge in [-0.25, -0.2) is 8.42 Å². The van der Waals surface area contributed by atoms with Gasteiger partial charge in [-0.3, -0.25) is 9.59 Å². The van der Waals surface area contributed by atoms with Gasteiger partial charge < -0.3 is 14.7 Å². The van der Waals surface area contributed by atoms with Gasteiger partial charge in [0.05, 0.1) is 6.61 Å². The first-order valence-electron chi connectivity index (χ1n) is 4.88. The van der Waals surface area contributed by atoms with Crippen LogP contribution in [-0.4, -0.2) is 68.6 Å². The molecule has 0 saturated heterocycles. The molecule has 0 fully saturated rings. The van der Waals surface area contributed by atoms with E-state index in [1.54, 1.807) is 0 Å². The summed E-state index contributed by atoms with van der Waals surface area (Å²) < 4.78 is 27.2. The Hall–Kier alpha value is -1.15. The van der Waals surface area contributed by atoms with E-state index in [0.717, 1.165) is 11.2 Å². The number of carboxylic acid groups (broad SMARTS) is 1. The van der Waals surface area contributed by atoms with Crippen LogP contribution in [0.4, 0.5) is 0 Å². The molecule has 0 bridgehead atoms. The fraction of sp³-hybridized carbons (Fsp3) is 0.778. The van der Waals surface area contributed by atoms with Gasteiger partial charge in [-0.15, -0.1) is 0 Å². The Kier molecular flexibility index (Phi) is 6.11. The molecule has 0 aliphatic heterocycles. The van der Waals surface area contributed by atoms with Crippen molar-refractivity contribution < 1.29 is 27.9 Å². The number of sulfone groups is 1. The van der Waals surface area contributed by atoms with Crippen molar-refractivity contribution in [2.45, 2.75) is 12.2 Å². The largest absolute Gasteiger partial charge is 0.480 e. The molecule has 0 radical (unpaired) electrons. The van der Waals surface area contributed by atoms with Gasteiger partial charge in [0.1, 0.15) is 11.8 Å². The molecule has 8 heteroatoms. The Labute approximate surface area is 100 Å².